The molecule has 0 atom stereocenters. The molecule has 0 aromatic rings. The van der Waals surface area contributed by atoms with Gasteiger partial charge in [-0.3, -0.25) is 4.79 Å². The van der Waals surface area contributed by atoms with E-state index in [1.807, 2.05) is 13.8 Å². The van der Waals surface area contributed by atoms with Gasteiger partial charge in [-0.1, -0.05) is 13.8 Å². The van der Waals surface area contributed by atoms with Gasteiger partial charge >= 0.3 is 5.91 Å². The van der Waals surface area contributed by atoms with Crippen molar-refractivity contribution in [2.24, 2.45) is 0 Å². The second kappa shape index (κ2) is 6.66. The topological polar surface area (TPSA) is 24.7 Å². The molecule has 0 heterocycles. The standard InChI is InChI=1S/C9H16N2O/c1-4-6-11(7-5-2)9(12)8-10-3/h4-8H2,1-2H3. The molecule has 0 radical (unpaired) electrons. The summed E-state index contributed by atoms with van der Waals surface area (Å²) in [5, 5.41) is 0. The summed E-state index contributed by atoms with van der Waals surface area (Å²) in [6.45, 7) is 12.2. The van der Waals surface area contributed by atoms with Crippen LogP contribution in [0.2, 0.25) is 0 Å². The fourth-order valence-corrected chi connectivity index (χ4v) is 1.07. The fraction of sp³-hybridized carbons (Fsp3) is 0.778. The molecule has 0 saturated carbocycles. The zero-order valence-corrected chi connectivity index (χ0v) is 7.84. The highest BCUT2D eigenvalue weighted by molar-refractivity contribution is 5.79. The summed E-state index contributed by atoms with van der Waals surface area (Å²) in [5.41, 5.74) is 0. The van der Waals surface area contributed by atoms with Gasteiger partial charge in [0.25, 0.3) is 6.54 Å². The fourth-order valence-electron chi connectivity index (χ4n) is 1.07. The van der Waals surface area contributed by atoms with E-state index in [9.17, 15) is 4.79 Å². The highest BCUT2D eigenvalue weighted by Crippen LogP contribution is 1.95. The van der Waals surface area contributed by atoms with E-state index in [1.165, 1.54) is 0 Å². The number of hydrogen-bond donors (Lipinski definition) is 0. The van der Waals surface area contributed by atoms with Gasteiger partial charge in [0.2, 0.25) is 0 Å². The van der Waals surface area contributed by atoms with Gasteiger partial charge < -0.3 is 9.74 Å². The van der Waals surface area contributed by atoms with Crippen LogP contribution in [0.15, 0.2) is 0 Å². The van der Waals surface area contributed by atoms with Crippen molar-refractivity contribution >= 4 is 5.91 Å². The third-order valence-corrected chi connectivity index (χ3v) is 1.55. The maximum absolute atomic E-state index is 11.2. The van der Waals surface area contributed by atoms with Crippen LogP contribution in [0.3, 0.4) is 0 Å². The minimum absolute atomic E-state index is 0. The van der Waals surface area contributed by atoms with Gasteiger partial charge in [0.15, 0.2) is 0 Å². The molecule has 0 saturated heterocycles. The average Bonchev–Trinajstić information content (AvgIpc) is 2.04. The van der Waals surface area contributed by atoms with E-state index in [0.29, 0.717) is 0 Å². The van der Waals surface area contributed by atoms with Gasteiger partial charge in [0.1, 0.15) is 0 Å². The smallest absolute Gasteiger partial charge is 0.302 e. The van der Waals surface area contributed by atoms with E-state index in [2.05, 4.69) is 4.85 Å². The molecule has 0 aliphatic carbocycles. The Hall–Kier alpha value is -1.04. The van der Waals surface area contributed by atoms with Crippen LogP contribution in [-0.2, 0) is 4.79 Å². The maximum Gasteiger partial charge on any atom is 0.302 e. The molecular weight excluding hydrogens is 152 g/mol. The number of carbonyl (C=O) groups excluding carboxylic acids is 1. The number of rotatable bonds is 5. The average molecular weight is 168 g/mol. The van der Waals surface area contributed by atoms with Crippen molar-refractivity contribution in [3.8, 4) is 0 Å². The van der Waals surface area contributed by atoms with Gasteiger partial charge in [-0.05, 0) is 12.8 Å². The molecule has 0 aromatic heterocycles. The first-order valence-corrected chi connectivity index (χ1v) is 4.37. The second-order valence-electron chi connectivity index (χ2n) is 2.70. The summed E-state index contributed by atoms with van der Waals surface area (Å²) >= 11 is 0. The Bertz CT molecular complexity index is 166. The van der Waals surface area contributed by atoms with Crippen molar-refractivity contribution in [2.75, 3.05) is 19.6 Å². The predicted octanol–water partition coefficient (Wildman–Crippen LogP) is 1.55. The molecule has 0 unspecified atom stereocenters. The van der Waals surface area contributed by atoms with Crippen molar-refractivity contribution in [3.63, 3.8) is 0 Å². The Morgan fingerprint density at radius 1 is 1.33 bits per heavy atom. The molecular formula is C9H16N2O. The summed E-state index contributed by atoms with van der Waals surface area (Å²) in [4.78, 5) is 16.1. The lowest BCUT2D eigenvalue weighted by molar-refractivity contribution is -0.129. The van der Waals surface area contributed by atoms with Crippen molar-refractivity contribution in [1.82, 2.24) is 4.90 Å². The maximum atomic E-state index is 11.2. The van der Waals surface area contributed by atoms with Crippen LogP contribution in [0.5, 0.6) is 0 Å². The summed E-state index contributed by atoms with van der Waals surface area (Å²) in [6.07, 6.45) is 1.92. The predicted molar refractivity (Wildman–Crippen MR) is 48.6 cm³/mol. The lowest BCUT2D eigenvalue weighted by Crippen LogP contribution is -2.33. The minimum Gasteiger partial charge on any atom is -0.336 e. The molecule has 1 amide bonds. The van der Waals surface area contributed by atoms with E-state index < -0.39 is 0 Å². The summed E-state index contributed by atoms with van der Waals surface area (Å²) in [6, 6.07) is 0. The van der Waals surface area contributed by atoms with Crippen molar-refractivity contribution < 1.29 is 4.79 Å². The normalized spacial score (nSPS) is 9.08. The SMILES string of the molecule is [C-]#[N+]CC(=O)N(CCC)CCC. The molecule has 3 nitrogen and oxygen atoms in total. The molecule has 0 spiro atoms. The Morgan fingerprint density at radius 3 is 2.17 bits per heavy atom. The van der Waals surface area contributed by atoms with E-state index >= 15 is 0 Å². The van der Waals surface area contributed by atoms with Gasteiger partial charge in [-0.15, -0.1) is 0 Å². The Labute approximate surface area is 74.2 Å². The van der Waals surface area contributed by atoms with Gasteiger partial charge in [0.05, 0.1) is 0 Å². The Kier molecular flexibility index (Phi) is 6.08. The molecule has 0 rings (SSSR count). The lowest BCUT2D eigenvalue weighted by atomic mass is 10.3. The molecule has 0 aliphatic rings. The number of nitrogens with zero attached hydrogens (tertiary/aromatic N) is 2. The summed E-state index contributed by atoms with van der Waals surface area (Å²) in [7, 11) is 0. The third-order valence-electron chi connectivity index (χ3n) is 1.55. The summed E-state index contributed by atoms with van der Waals surface area (Å²) in [5.74, 6) is -0.0336. The second-order valence-corrected chi connectivity index (χ2v) is 2.70. The van der Waals surface area contributed by atoms with Crippen LogP contribution in [0.4, 0.5) is 0 Å². The highest BCUT2D eigenvalue weighted by Gasteiger charge is 2.12. The number of hydrogen-bond acceptors (Lipinski definition) is 1. The van der Waals surface area contributed by atoms with Gasteiger partial charge in [0, 0.05) is 13.1 Å². The van der Waals surface area contributed by atoms with Gasteiger partial charge in [-0.2, -0.15) is 0 Å². The molecule has 0 aromatic carbocycles. The van der Waals surface area contributed by atoms with E-state index in [1.54, 1.807) is 4.90 Å². The molecule has 0 fully saturated rings. The van der Waals surface area contributed by atoms with E-state index in [0.717, 1.165) is 25.9 Å². The number of carbonyl (C=O) groups is 1. The molecule has 68 valence electrons. The first-order chi connectivity index (χ1) is 5.76. The molecule has 0 bridgehead atoms. The van der Waals surface area contributed by atoms with Crippen LogP contribution >= 0.6 is 0 Å². The zero-order valence-electron chi connectivity index (χ0n) is 7.84. The van der Waals surface area contributed by atoms with Crippen LogP contribution in [0, 0.1) is 6.57 Å². The third kappa shape index (κ3) is 3.97. The Morgan fingerprint density at radius 2 is 1.83 bits per heavy atom. The number of amides is 1. The Balaban J connectivity index is 3.92. The largest absolute Gasteiger partial charge is 0.336 e. The lowest BCUT2D eigenvalue weighted by Gasteiger charge is -2.18. The van der Waals surface area contributed by atoms with Crippen LogP contribution in [0.1, 0.15) is 26.7 Å². The molecule has 12 heavy (non-hydrogen) atoms. The highest BCUT2D eigenvalue weighted by atomic mass is 16.2. The van der Waals surface area contributed by atoms with Crippen LogP contribution in [0.25, 0.3) is 4.85 Å². The minimum atomic E-state index is -0.0336. The monoisotopic (exact) mass is 168 g/mol. The quantitative estimate of drug-likeness (QED) is 0.572. The van der Waals surface area contributed by atoms with Crippen molar-refractivity contribution in [1.29, 1.82) is 0 Å². The van der Waals surface area contributed by atoms with Crippen molar-refractivity contribution in [2.45, 2.75) is 26.7 Å². The van der Waals surface area contributed by atoms with Crippen molar-refractivity contribution in [3.05, 3.63) is 11.4 Å². The van der Waals surface area contributed by atoms with Crippen LogP contribution in [-0.4, -0.2) is 30.4 Å². The molecule has 3 heteroatoms. The van der Waals surface area contributed by atoms with E-state index in [-0.39, 0.29) is 12.5 Å². The molecule has 0 N–H and O–H groups in total. The zero-order chi connectivity index (χ0) is 9.40. The van der Waals surface area contributed by atoms with Gasteiger partial charge in [-0.25, -0.2) is 6.57 Å². The summed E-state index contributed by atoms with van der Waals surface area (Å²) < 4.78 is 0. The first-order valence-electron chi connectivity index (χ1n) is 4.37. The first kappa shape index (κ1) is 11.0. The molecule has 0 aliphatic heterocycles. The van der Waals surface area contributed by atoms with Crippen LogP contribution < -0.4 is 0 Å². The van der Waals surface area contributed by atoms with E-state index in [4.69, 9.17) is 6.57 Å².